The molecule has 0 bridgehead atoms. The zero-order chi connectivity index (χ0) is 14.5. The van der Waals surface area contributed by atoms with Gasteiger partial charge < -0.3 is 11.1 Å². The largest absolute Gasteiger partial charge is 0.355 e. The summed E-state index contributed by atoms with van der Waals surface area (Å²) in [5.74, 6) is -0.366. The average molecular weight is 285 g/mol. The summed E-state index contributed by atoms with van der Waals surface area (Å²) in [6.45, 7) is 3.71. The Morgan fingerprint density at radius 1 is 1.42 bits per heavy atom. The molecule has 1 amide bonds. The monoisotopic (exact) mass is 285 g/mol. The summed E-state index contributed by atoms with van der Waals surface area (Å²) < 4.78 is 26.2. The molecular formula is C12H19N3O3S. The number of carbonyl (C=O) groups is 1. The molecule has 1 rings (SSSR count). The number of hydrogen-bond donors (Lipinski definition) is 3. The Bertz CT molecular complexity index is 541. The topological polar surface area (TPSA) is 101 Å². The van der Waals surface area contributed by atoms with Gasteiger partial charge in [-0.3, -0.25) is 4.79 Å². The third kappa shape index (κ3) is 4.62. The van der Waals surface area contributed by atoms with Crippen molar-refractivity contribution in [1.29, 1.82) is 0 Å². The van der Waals surface area contributed by atoms with Crippen LogP contribution >= 0.6 is 0 Å². The summed E-state index contributed by atoms with van der Waals surface area (Å²) in [7, 11) is -3.70. The highest BCUT2D eigenvalue weighted by atomic mass is 32.2. The molecule has 0 aromatic heterocycles. The maximum absolute atomic E-state index is 12.0. The van der Waals surface area contributed by atoms with Crippen molar-refractivity contribution in [2.24, 2.45) is 5.73 Å². The number of sulfonamides is 1. The van der Waals surface area contributed by atoms with Crippen molar-refractivity contribution in [3.8, 4) is 0 Å². The predicted molar refractivity (Wildman–Crippen MR) is 72.9 cm³/mol. The van der Waals surface area contributed by atoms with Gasteiger partial charge in [-0.25, -0.2) is 13.1 Å². The summed E-state index contributed by atoms with van der Waals surface area (Å²) >= 11 is 0. The van der Waals surface area contributed by atoms with E-state index in [2.05, 4.69) is 10.0 Å². The SMILES string of the molecule is CCNC(=O)CNS(=O)(=O)c1cccc(C(C)N)c1. The highest BCUT2D eigenvalue weighted by Gasteiger charge is 2.16. The van der Waals surface area contributed by atoms with Gasteiger partial charge in [0.2, 0.25) is 15.9 Å². The first-order valence-corrected chi connectivity index (χ1v) is 7.47. The van der Waals surface area contributed by atoms with Crippen molar-refractivity contribution in [3.63, 3.8) is 0 Å². The van der Waals surface area contributed by atoms with Crippen LogP contribution in [0.15, 0.2) is 29.2 Å². The van der Waals surface area contributed by atoms with Crippen LogP contribution in [0.4, 0.5) is 0 Å². The van der Waals surface area contributed by atoms with E-state index in [1.807, 2.05) is 0 Å². The number of carbonyl (C=O) groups excluding carboxylic acids is 1. The van der Waals surface area contributed by atoms with E-state index in [0.717, 1.165) is 5.56 Å². The third-order valence-corrected chi connectivity index (χ3v) is 3.89. The molecule has 0 saturated carbocycles. The fourth-order valence-corrected chi connectivity index (χ4v) is 2.51. The van der Waals surface area contributed by atoms with E-state index in [-0.39, 0.29) is 23.4 Å². The Morgan fingerprint density at radius 3 is 2.68 bits per heavy atom. The van der Waals surface area contributed by atoms with E-state index >= 15 is 0 Å². The van der Waals surface area contributed by atoms with Crippen molar-refractivity contribution in [2.75, 3.05) is 13.1 Å². The Balaban J connectivity index is 2.83. The molecule has 7 heteroatoms. The van der Waals surface area contributed by atoms with Crippen LogP contribution in [0.25, 0.3) is 0 Å². The van der Waals surface area contributed by atoms with Gasteiger partial charge in [0.05, 0.1) is 11.4 Å². The number of likely N-dealkylation sites (N-methyl/N-ethyl adjacent to an activating group) is 1. The molecule has 6 nitrogen and oxygen atoms in total. The number of nitrogens with two attached hydrogens (primary N) is 1. The first-order valence-electron chi connectivity index (χ1n) is 5.98. The molecule has 1 aromatic rings. The van der Waals surface area contributed by atoms with Crippen molar-refractivity contribution in [2.45, 2.75) is 24.8 Å². The number of nitrogens with one attached hydrogen (secondary N) is 2. The molecular weight excluding hydrogens is 266 g/mol. The molecule has 0 spiro atoms. The van der Waals surface area contributed by atoms with Gasteiger partial charge in [-0.05, 0) is 31.5 Å². The van der Waals surface area contributed by atoms with E-state index in [9.17, 15) is 13.2 Å². The first kappa shape index (κ1) is 15.6. The standard InChI is InChI=1S/C12H19N3O3S/c1-3-14-12(16)8-15-19(17,18)11-6-4-5-10(7-11)9(2)13/h4-7,9,15H,3,8,13H2,1-2H3,(H,14,16). The van der Waals surface area contributed by atoms with Gasteiger partial charge >= 0.3 is 0 Å². The summed E-state index contributed by atoms with van der Waals surface area (Å²) in [6, 6.07) is 6.10. The molecule has 0 aliphatic rings. The molecule has 1 unspecified atom stereocenters. The summed E-state index contributed by atoms with van der Waals surface area (Å²) in [4.78, 5) is 11.3. The van der Waals surface area contributed by atoms with Crippen LogP contribution in [0.1, 0.15) is 25.5 Å². The van der Waals surface area contributed by atoms with E-state index in [1.165, 1.54) is 12.1 Å². The van der Waals surface area contributed by atoms with E-state index in [1.54, 1.807) is 26.0 Å². The Labute approximate surface area is 113 Å². The maximum atomic E-state index is 12.0. The normalized spacial score (nSPS) is 13.0. The highest BCUT2D eigenvalue weighted by molar-refractivity contribution is 7.89. The van der Waals surface area contributed by atoms with E-state index < -0.39 is 10.0 Å². The minimum Gasteiger partial charge on any atom is -0.355 e. The van der Waals surface area contributed by atoms with Gasteiger partial charge in [0.25, 0.3) is 0 Å². The molecule has 0 radical (unpaired) electrons. The molecule has 106 valence electrons. The van der Waals surface area contributed by atoms with Gasteiger partial charge in [-0.15, -0.1) is 0 Å². The Morgan fingerprint density at radius 2 is 2.11 bits per heavy atom. The van der Waals surface area contributed by atoms with Crippen LogP contribution in [0.2, 0.25) is 0 Å². The smallest absolute Gasteiger partial charge is 0.241 e. The van der Waals surface area contributed by atoms with Crippen LogP contribution < -0.4 is 15.8 Å². The summed E-state index contributed by atoms with van der Waals surface area (Å²) in [5.41, 5.74) is 6.43. The van der Waals surface area contributed by atoms with Gasteiger partial charge in [-0.1, -0.05) is 12.1 Å². The molecule has 0 heterocycles. The quantitative estimate of drug-likeness (QED) is 0.691. The predicted octanol–water partition coefficient (Wildman–Crippen LogP) is 0.121. The fraction of sp³-hybridized carbons (Fsp3) is 0.417. The van der Waals surface area contributed by atoms with Crippen LogP contribution in [-0.4, -0.2) is 27.4 Å². The van der Waals surface area contributed by atoms with Gasteiger partial charge in [0, 0.05) is 12.6 Å². The molecule has 0 saturated heterocycles. The van der Waals surface area contributed by atoms with Crippen LogP contribution in [0.5, 0.6) is 0 Å². The van der Waals surface area contributed by atoms with Crippen molar-refractivity contribution in [1.82, 2.24) is 10.0 Å². The van der Waals surface area contributed by atoms with Crippen molar-refractivity contribution >= 4 is 15.9 Å². The molecule has 1 atom stereocenters. The minimum absolute atomic E-state index is 0.103. The lowest BCUT2D eigenvalue weighted by Crippen LogP contribution is -2.36. The number of amides is 1. The summed E-state index contributed by atoms with van der Waals surface area (Å²) in [6.07, 6.45) is 0. The molecule has 0 aliphatic carbocycles. The highest BCUT2D eigenvalue weighted by Crippen LogP contribution is 2.15. The van der Waals surface area contributed by atoms with Crippen molar-refractivity contribution < 1.29 is 13.2 Å². The molecule has 1 aromatic carbocycles. The van der Waals surface area contributed by atoms with Crippen molar-refractivity contribution in [3.05, 3.63) is 29.8 Å². The second-order valence-electron chi connectivity index (χ2n) is 4.14. The molecule has 0 aliphatic heterocycles. The molecule has 0 fully saturated rings. The zero-order valence-corrected chi connectivity index (χ0v) is 11.8. The Kier molecular flexibility index (Phi) is 5.46. The average Bonchev–Trinajstić information content (AvgIpc) is 2.37. The fourth-order valence-electron chi connectivity index (χ4n) is 1.47. The maximum Gasteiger partial charge on any atom is 0.241 e. The van der Waals surface area contributed by atoms with Crippen LogP contribution in [0.3, 0.4) is 0 Å². The number of benzene rings is 1. The zero-order valence-electron chi connectivity index (χ0n) is 11.0. The number of rotatable bonds is 6. The molecule has 19 heavy (non-hydrogen) atoms. The van der Waals surface area contributed by atoms with Crippen LogP contribution in [0, 0.1) is 0 Å². The second-order valence-corrected chi connectivity index (χ2v) is 5.91. The second kappa shape index (κ2) is 6.65. The van der Waals surface area contributed by atoms with Gasteiger partial charge in [-0.2, -0.15) is 0 Å². The number of hydrogen-bond acceptors (Lipinski definition) is 4. The van der Waals surface area contributed by atoms with E-state index in [4.69, 9.17) is 5.73 Å². The van der Waals surface area contributed by atoms with Crippen LogP contribution in [-0.2, 0) is 14.8 Å². The lowest BCUT2D eigenvalue weighted by molar-refractivity contribution is -0.119. The molecule has 4 N–H and O–H groups in total. The third-order valence-electron chi connectivity index (χ3n) is 2.49. The van der Waals surface area contributed by atoms with Gasteiger partial charge in [0.1, 0.15) is 0 Å². The van der Waals surface area contributed by atoms with E-state index in [0.29, 0.717) is 6.54 Å². The summed E-state index contributed by atoms with van der Waals surface area (Å²) in [5, 5.41) is 2.51. The lowest BCUT2D eigenvalue weighted by Gasteiger charge is -2.10. The lowest BCUT2D eigenvalue weighted by atomic mass is 10.1. The first-order chi connectivity index (χ1) is 8.86. The Hall–Kier alpha value is -1.44. The van der Waals surface area contributed by atoms with Gasteiger partial charge in [0.15, 0.2) is 0 Å². The minimum atomic E-state index is -3.70.